The summed E-state index contributed by atoms with van der Waals surface area (Å²) in [5.74, 6) is -1.82. The summed E-state index contributed by atoms with van der Waals surface area (Å²) in [6, 6.07) is 3.04. The molecule has 0 spiro atoms. The first-order chi connectivity index (χ1) is 10.8. The third kappa shape index (κ3) is 3.62. The molecule has 0 aromatic carbocycles. The molecule has 0 saturated carbocycles. The van der Waals surface area contributed by atoms with Crippen molar-refractivity contribution in [3.8, 4) is 0 Å². The number of ether oxygens (including phenoxy) is 1. The Morgan fingerprint density at radius 3 is 2.61 bits per heavy atom. The second-order valence-electron chi connectivity index (χ2n) is 4.40. The van der Waals surface area contributed by atoms with Gasteiger partial charge in [-0.1, -0.05) is 0 Å². The zero-order chi connectivity index (χ0) is 17.1. The number of furan rings is 1. The molecule has 0 atom stereocenters. The molecular weight excluding hydrogens is 388 g/mol. The predicted molar refractivity (Wildman–Crippen MR) is 87.9 cm³/mol. The summed E-state index contributed by atoms with van der Waals surface area (Å²) in [5.41, 5.74) is 5.79. The first kappa shape index (κ1) is 17.2. The van der Waals surface area contributed by atoms with Gasteiger partial charge in [0.15, 0.2) is 10.4 Å². The Bertz CT molecular complexity index is 780. The highest BCUT2D eigenvalue weighted by molar-refractivity contribution is 9.10. The van der Waals surface area contributed by atoms with Crippen molar-refractivity contribution >= 4 is 50.1 Å². The Morgan fingerprint density at radius 2 is 2.09 bits per heavy atom. The molecule has 2 aromatic rings. The maximum Gasteiger partial charge on any atom is 0.341 e. The van der Waals surface area contributed by atoms with E-state index in [1.54, 1.807) is 19.9 Å². The van der Waals surface area contributed by atoms with Crippen LogP contribution in [0.15, 0.2) is 21.2 Å². The molecule has 0 saturated heterocycles. The Morgan fingerprint density at radius 1 is 1.39 bits per heavy atom. The fourth-order valence-corrected chi connectivity index (χ4v) is 3.24. The van der Waals surface area contributed by atoms with Crippen LogP contribution >= 0.6 is 27.3 Å². The van der Waals surface area contributed by atoms with Gasteiger partial charge in [0.1, 0.15) is 5.00 Å². The van der Waals surface area contributed by atoms with Gasteiger partial charge in [0.25, 0.3) is 11.8 Å². The summed E-state index contributed by atoms with van der Waals surface area (Å²) in [5, 5.41) is 2.74. The highest BCUT2D eigenvalue weighted by Crippen LogP contribution is 2.34. The molecule has 2 aromatic heterocycles. The van der Waals surface area contributed by atoms with Gasteiger partial charge in [-0.2, -0.15) is 0 Å². The monoisotopic (exact) mass is 400 g/mol. The third-order valence-corrected chi connectivity index (χ3v) is 4.52. The number of hydrogen-bond donors (Lipinski definition) is 2. The molecule has 0 unspecified atom stereocenters. The summed E-state index contributed by atoms with van der Waals surface area (Å²) in [4.78, 5) is 35.9. The van der Waals surface area contributed by atoms with Gasteiger partial charge in [-0.15, -0.1) is 11.3 Å². The van der Waals surface area contributed by atoms with Gasteiger partial charge in [0.2, 0.25) is 0 Å². The summed E-state index contributed by atoms with van der Waals surface area (Å²) in [6.07, 6.45) is 0. The Balaban J connectivity index is 2.40. The number of carbonyl (C=O) groups excluding carboxylic acids is 3. The summed E-state index contributed by atoms with van der Waals surface area (Å²) in [7, 11) is 0. The second-order valence-corrected chi connectivity index (χ2v) is 6.21. The maximum atomic E-state index is 12.2. The van der Waals surface area contributed by atoms with E-state index in [1.807, 2.05) is 0 Å². The van der Waals surface area contributed by atoms with E-state index in [0.717, 1.165) is 11.3 Å². The van der Waals surface area contributed by atoms with Crippen molar-refractivity contribution in [2.75, 3.05) is 11.9 Å². The van der Waals surface area contributed by atoms with Crippen molar-refractivity contribution < 1.29 is 23.5 Å². The number of nitrogens with one attached hydrogen (secondary N) is 1. The van der Waals surface area contributed by atoms with E-state index in [4.69, 9.17) is 14.9 Å². The quantitative estimate of drug-likeness (QED) is 0.749. The molecule has 9 heteroatoms. The lowest BCUT2D eigenvalue weighted by molar-refractivity contribution is 0.0527. The van der Waals surface area contributed by atoms with Crippen LogP contribution in [0.2, 0.25) is 0 Å². The minimum atomic E-state index is -0.681. The number of amides is 2. The molecule has 2 heterocycles. The number of halogens is 1. The minimum absolute atomic E-state index is 0.0540. The van der Waals surface area contributed by atoms with E-state index in [0.29, 0.717) is 10.2 Å². The molecule has 0 aliphatic carbocycles. The lowest BCUT2D eigenvalue weighted by Crippen LogP contribution is -2.14. The summed E-state index contributed by atoms with van der Waals surface area (Å²) in [6.45, 7) is 3.40. The molecule has 2 rings (SSSR count). The van der Waals surface area contributed by atoms with Crippen molar-refractivity contribution in [1.82, 2.24) is 0 Å². The topological polar surface area (TPSA) is 112 Å². The Hall–Kier alpha value is -2.13. The van der Waals surface area contributed by atoms with Crippen LogP contribution in [0.1, 0.15) is 43.1 Å². The number of esters is 1. The number of rotatable bonds is 5. The molecule has 3 N–H and O–H groups in total. The standard InChI is InChI=1S/C14H13BrN2O5S/c1-3-21-14(20)9-6(2)10(11(16)18)23-13(9)17-12(19)7-4-5-8(15)22-7/h4-5H,3H2,1-2H3,(H2,16,18)(H,17,19). The molecule has 0 radical (unpaired) electrons. The van der Waals surface area contributed by atoms with Gasteiger partial charge in [-0.3, -0.25) is 9.59 Å². The first-order valence-corrected chi connectivity index (χ1v) is 8.13. The van der Waals surface area contributed by atoms with Crippen molar-refractivity contribution in [3.63, 3.8) is 0 Å². The van der Waals surface area contributed by atoms with E-state index in [2.05, 4.69) is 21.2 Å². The zero-order valence-electron chi connectivity index (χ0n) is 12.3. The van der Waals surface area contributed by atoms with E-state index in [-0.39, 0.29) is 27.8 Å². The van der Waals surface area contributed by atoms with Crippen molar-refractivity contribution in [3.05, 3.63) is 38.6 Å². The van der Waals surface area contributed by atoms with Crippen LogP contribution in [0.3, 0.4) is 0 Å². The number of primary amides is 1. The maximum absolute atomic E-state index is 12.2. The zero-order valence-corrected chi connectivity index (χ0v) is 14.7. The van der Waals surface area contributed by atoms with Crippen LogP contribution < -0.4 is 11.1 Å². The van der Waals surface area contributed by atoms with Gasteiger partial charge in [0, 0.05) is 0 Å². The lowest BCUT2D eigenvalue weighted by Gasteiger charge is -2.05. The molecular formula is C14H13BrN2O5S. The number of carbonyl (C=O) groups is 3. The smallest absolute Gasteiger partial charge is 0.341 e. The fourth-order valence-electron chi connectivity index (χ4n) is 1.89. The van der Waals surface area contributed by atoms with Gasteiger partial charge in [0.05, 0.1) is 17.0 Å². The molecule has 23 heavy (non-hydrogen) atoms. The van der Waals surface area contributed by atoms with Crippen LogP contribution in [0, 0.1) is 6.92 Å². The highest BCUT2D eigenvalue weighted by atomic mass is 79.9. The van der Waals surface area contributed by atoms with Crippen molar-refractivity contribution in [2.45, 2.75) is 13.8 Å². The third-order valence-electron chi connectivity index (χ3n) is 2.87. The van der Waals surface area contributed by atoms with E-state index in [1.165, 1.54) is 6.07 Å². The summed E-state index contributed by atoms with van der Waals surface area (Å²) >= 11 is 4.02. The number of hydrogen-bond acceptors (Lipinski definition) is 6. The van der Waals surface area contributed by atoms with E-state index in [9.17, 15) is 14.4 Å². The largest absolute Gasteiger partial charge is 0.462 e. The fraction of sp³-hybridized carbons (Fsp3) is 0.214. The molecule has 122 valence electrons. The minimum Gasteiger partial charge on any atom is -0.462 e. The lowest BCUT2D eigenvalue weighted by atomic mass is 10.1. The Kier molecular flexibility index (Phi) is 5.22. The molecule has 2 amide bonds. The molecule has 0 aliphatic heterocycles. The van der Waals surface area contributed by atoms with Crippen LogP contribution in [0.5, 0.6) is 0 Å². The number of nitrogens with two attached hydrogens (primary N) is 1. The summed E-state index contributed by atoms with van der Waals surface area (Å²) < 4.78 is 10.5. The first-order valence-electron chi connectivity index (χ1n) is 6.52. The second kappa shape index (κ2) is 6.97. The molecule has 0 fully saturated rings. The van der Waals surface area contributed by atoms with Crippen LogP contribution in [-0.2, 0) is 4.74 Å². The van der Waals surface area contributed by atoms with Crippen LogP contribution in [-0.4, -0.2) is 24.4 Å². The van der Waals surface area contributed by atoms with Gasteiger partial charge in [-0.25, -0.2) is 4.79 Å². The van der Waals surface area contributed by atoms with Crippen molar-refractivity contribution in [2.24, 2.45) is 5.73 Å². The normalized spacial score (nSPS) is 10.4. The molecule has 0 aliphatic rings. The Labute approximate surface area is 143 Å². The van der Waals surface area contributed by atoms with Gasteiger partial charge in [-0.05, 0) is 47.5 Å². The van der Waals surface area contributed by atoms with Crippen LogP contribution in [0.4, 0.5) is 5.00 Å². The van der Waals surface area contributed by atoms with E-state index >= 15 is 0 Å². The number of thiophene rings is 1. The predicted octanol–water partition coefficient (Wildman–Crippen LogP) is 2.94. The average Bonchev–Trinajstić information content (AvgIpc) is 3.03. The highest BCUT2D eigenvalue weighted by Gasteiger charge is 2.26. The van der Waals surface area contributed by atoms with Crippen LogP contribution in [0.25, 0.3) is 0 Å². The molecule has 0 bridgehead atoms. The van der Waals surface area contributed by atoms with E-state index < -0.39 is 17.8 Å². The molecule has 7 nitrogen and oxygen atoms in total. The number of anilines is 1. The SMILES string of the molecule is CCOC(=O)c1c(NC(=O)c2ccc(Br)o2)sc(C(N)=O)c1C. The van der Waals surface area contributed by atoms with Gasteiger partial charge < -0.3 is 20.2 Å². The average molecular weight is 401 g/mol. The van der Waals surface area contributed by atoms with Crippen molar-refractivity contribution in [1.29, 1.82) is 0 Å². The van der Waals surface area contributed by atoms with Gasteiger partial charge >= 0.3 is 5.97 Å².